The topological polar surface area (TPSA) is 31.8 Å². The molecule has 5 nitrogen and oxygen atoms in total. The van der Waals surface area contributed by atoms with Crippen molar-refractivity contribution in [3.05, 3.63) is 54.2 Å². The van der Waals surface area contributed by atoms with Crippen molar-refractivity contribution in [3.63, 3.8) is 0 Å². The minimum atomic E-state index is 0.313. The Morgan fingerprint density at radius 1 is 0.862 bits per heavy atom. The lowest BCUT2D eigenvalue weighted by Crippen LogP contribution is -2.47. The maximum absolute atomic E-state index is 6.05. The molecule has 0 atom stereocenters. The number of hydrogen-bond acceptors (Lipinski definition) is 5. The Labute approximate surface area is 175 Å². The van der Waals surface area contributed by atoms with E-state index in [1.807, 2.05) is 12.3 Å². The minimum absolute atomic E-state index is 0.313. The molecule has 0 saturated carbocycles. The first kappa shape index (κ1) is 20.2. The Hall–Kier alpha value is -2.11. The molecule has 2 aliphatic heterocycles. The summed E-state index contributed by atoms with van der Waals surface area (Å²) < 4.78 is 6.05. The van der Waals surface area contributed by atoms with Crippen molar-refractivity contribution >= 4 is 5.69 Å². The highest BCUT2D eigenvalue weighted by Crippen LogP contribution is 2.18. The maximum atomic E-state index is 6.05. The standard InChI is InChI=1S/C24H34N4O/c1-21-8-9-24(25-20-21)29-23-10-14-26(15-11-23)12-5-13-27-16-18-28(19-17-27)22-6-3-2-4-7-22/h2-4,6-9,20,23H,5,10-19H2,1H3. The molecule has 0 bridgehead atoms. The molecule has 29 heavy (non-hydrogen) atoms. The number of benzene rings is 1. The highest BCUT2D eigenvalue weighted by molar-refractivity contribution is 5.46. The van der Waals surface area contributed by atoms with Gasteiger partial charge >= 0.3 is 0 Å². The number of aromatic nitrogens is 1. The molecule has 0 spiro atoms. The van der Waals surface area contributed by atoms with Gasteiger partial charge in [0.15, 0.2) is 0 Å². The Kier molecular flexibility index (Phi) is 7.01. The van der Waals surface area contributed by atoms with Gasteiger partial charge in [0.05, 0.1) is 0 Å². The zero-order chi connectivity index (χ0) is 19.9. The van der Waals surface area contributed by atoms with Crippen LogP contribution in [0.3, 0.4) is 0 Å². The van der Waals surface area contributed by atoms with E-state index in [1.165, 1.54) is 43.9 Å². The number of ether oxygens (including phenoxy) is 1. The number of pyridine rings is 1. The molecule has 0 radical (unpaired) electrons. The summed E-state index contributed by atoms with van der Waals surface area (Å²) in [6.07, 6.45) is 5.66. The fourth-order valence-corrected chi connectivity index (χ4v) is 4.33. The van der Waals surface area contributed by atoms with Crippen molar-refractivity contribution in [3.8, 4) is 5.88 Å². The van der Waals surface area contributed by atoms with E-state index in [1.54, 1.807) is 0 Å². The van der Waals surface area contributed by atoms with Gasteiger partial charge in [0, 0.05) is 57.2 Å². The number of aryl methyl sites for hydroxylation is 1. The average molecular weight is 395 g/mol. The molecule has 5 heteroatoms. The number of rotatable bonds is 7. The van der Waals surface area contributed by atoms with E-state index in [-0.39, 0.29) is 0 Å². The van der Waals surface area contributed by atoms with Gasteiger partial charge in [-0.25, -0.2) is 4.98 Å². The molecule has 1 aromatic heterocycles. The van der Waals surface area contributed by atoms with Gasteiger partial charge in [0.2, 0.25) is 5.88 Å². The van der Waals surface area contributed by atoms with Crippen molar-refractivity contribution in [1.82, 2.24) is 14.8 Å². The number of piperidine rings is 1. The quantitative estimate of drug-likeness (QED) is 0.718. The number of anilines is 1. The molecule has 1 aromatic carbocycles. The van der Waals surface area contributed by atoms with Gasteiger partial charge in [-0.15, -0.1) is 0 Å². The third-order valence-electron chi connectivity index (χ3n) is 6.15. The highest BCUT2D eigenvalue weighted by Gasteiger charge is 2.21. The molecule has 0 N–H and O–H groups in total. The second-order valence-electron chi connectivity index (χ2n) is 8.35. The molecule has 156 valence electrons. The zero-order valence-corrected chi connectivity index (χ0v) is 17.7. The molecule has 2 fully saturated rings. The maximum Gasteiger partial charge on any atom is 0.213 e. The van der Waals surface area contributed by atoms with E-state index in [2.05, 4.69) is 63.0 Å². The van der Waals surface area contributed by atoms with E-state index in [4.69, 9.17) is 4.74 Å². The molecule has 0 aliphatic carbocycles. The second kappa shape index (κ2) is 10.1. The van der Waals surface area contributed by atoms with Gasteiger partial charge in [-0.3, -0.25) is 4.90 Å². The van der Waals surface area contributed by atoms with Crippen LogP contribution in [0, 0.1) is 6.92 Å². The monoisotopic (exact) mass is 394 g/mol. The SMILES string of the molecule is Cc1ccc(OC2CCN(CCCN3CCN(c4ccccc4)CC3)CC2)nc1. The van der Waals surface area contributed by atoms with Crippen LogP contribution in [0.2, 0.25) is 0 Å². The number of para-hydroxylation sites is 1. The van der Waals surface area contributed by atoms with E-state index >= 15 is 0 Å². The predicted molar refractivity (Wildman–Crippen MR) is 119 cm³/mol. The molecular formula is C24H34N4O. The van der Waals surface area contributed by atoms with Gasteiger partial charge in [-0.1, -0.05) is 24.3 Å². The van der Waals surface area contributed by atoms with E-state index < -0.39 is 0 Å². The van der Waals surface area contributed by atoms with Gasteiger partial charge in [0.1, 0.15) is 6.10 Å². The van der Waals surface area contributed by atoms with Crippen molar-refractivity contribution in [2.45, 2.75) is 32.3 Å². The Morgan fingerprint density at radius 3 is 2.21 bits per heavy atom. The van der Waals surface area contributed by atoms with E-state index in [9.17, 15) is 0 Å². The molecule has 0 amide bonds. The first-order valence-electron chi connectivity index (χ1n) is 11.1. The van der Waals surface area contributed by atoms with Crippen molar-refractivity contribution in [2.75, 3.05) is 57.3 Å². The summed E-state index contributed by atoms with van der Waals surface area (Å²) in [5.74, 6) is 0.767. The lowest BCUT2D eigenvalue weighted by Gasteiger charge is -2.37. The number of nitrogens with zero attached hydrogens (tertiary/aromatic N) is 4. The van der Waals surface area contributed by atoms with Crippen LogP contribution in [0.4, 0.5) is 5.69 Å². The number of hydrogen-bond donors (Lipinski definition) is 0. The Bertz CT molecular complexity index is 720. The molecule has 0 unspecified atom stereocenters. The third-order valence-corrected chi connectivity index (χ3v) is 6.15. The summed E-state index contributed by atoms with van der Waals surface area (Å²) in [6, 6.07) is 14.8. The summed E-state index contributed by atoms with van der Waals surface area (Å²) in [6.45, 7) is 11.4. The molecule has 4 rings (SSSR count). The lowest BCUT2D eigenvalue weighted by atomic mass is 10.1. The molecule has 2 aromatic rings. The zero-order valence-electron chi connectivity index (χ0n) is 17.7. The molecule has 3 heterocycles. The second-order valence-corrected chi connectivity index (χ2v) is 8.35. The van der Waals surface area contributed by atoms with Crippen LogP contribution in [0.1, 0.15) is 24.8 Å². The summed E-state index contributed by atoms with van der Waals surface area (Å²) in [7, 11) is 0. The predicted octanol–water partition coefficient (Wildman–Crippen LogP) is 3.45. The summed E-state index contributed by atoms with van der Waals surface area (Å²) in [4.78, 5) is 12.1. The van der Waals surface area contributed by atoms with Crippen LogP contribution in [0.15, 0.2) is 48.7 Å². The number of likely N-dealkylation sites (tertiary alicyclic amines) is 1. The van der Waals surface area contributed by atoms with Crippen LogP contribution < -0.4 is 9.64 Å². The number of piperazine rings is 1. The van der Waals surface area contributed by atoms with Crippen molar-refractivity contribution in [1.29, 1.82) is 0 Å². The lowest BCUT2D eigenvalue weighted by molar-refractivity contribution is 0.0938. The first-order valence-corrected chi connectivity index (χ1v) is 11.1. The Balaban J connectivity index is 1.10. The van der Waals surface area contributed by atoms with Crippen LogP contribution in [-0.4, -0.2) is 73.2 Å². The normalized spacial score (nSPS) is 19.4. The van der Waals surface area contributed by atoms with Gasteiger partial charge < -0.3 is 14.5 Å². The smallest absolute Gasteiger partial charge is 0.213 e. The van der Waals surface area contributed by atoms with Crippen molar-refractivity contribution in [2.24, 2.45) is 0 Å². The van der Waals surface area contributed by atoms with Gasteiger partial charge in [-0.2, -0.15) is 0 Å². The van der Waals surface area contributed by atoms with Crippen molar-refractivity contribution < 1.29 is 4.74 Å². The van der Waals surface area contributed by atoms with Crippen LogP contribution in [0.5, 0.6) is 5.88 Å². The van der Waals surface area contributed by atoms with Gasteiger partial charge in [-0.05, 0) is 57.0 Å². The van der Waals surface area contributed by atoms with E-state index in [0.29, 0.717) is 6.10 Å². The van der Waals surface area contributed by atoms with E-state index in [0.717, 1.165) is 44.9 Å². The molecular weight excluding hydrogens is 360 g/mol. The fraction of sp³-hybridized carbons (Fsp3) is 0.542. The van der Waals surface area contributed by atoms with Gasteiger partial charge in [0.25, 0.3) is 0 Å². The molecule has 2 saturated heterocycles. The van der Waals surface area contributed by atoms with Crippen LogP contribution >= 0.6 is 0 Å². The summed E-state index contributed by atoms with van der Waals surface area (Å²) in [5, 5.41) is 0. The minimum Gasteiger partial charge on any atom is -0.474 e. The highest BCUT2D eigenvalue weighted by atomic mass is 16.5. The fourth-order valence-electron chi connectivity index (χ4n) is 4.33. The Morgan fingerprint density at radius 2 is 1.55 bits per heavy atom. The molecule has 2 aliphatic rings. The van der Waals surface area contributed by atoms with Crippen LogP contribution in [0.25, 0.3) is 0 Å². The average Bonchev–Trinajstić information content (AvgIpc) is 2.78. The van der Waals surface area contributed by atoms with Crippen LogP contribution in [-0.2, 0) is 0 Å². The third kappa shape index (κ3) is 5.94. The largest absolute Gasteiger partial charge is 0.474 e. The summed E-state index contributed by atoms with van der Waals surface area (Å²) >= 11 is 0. The first-order chi connectivity index (χ1) is 14.3. The summed E-state index contributed by atoms with van der Waals surface area (Å²) in [5.41, 5.74) is 2.53.